The highest BCUT2D eigenvalue weighted by molar-refractivity contribution is 7.47. The van der Waals surface area contributed by atoms with E-state index >= 15 is 0 Å². The third-order valence-electron chi connectivity index (χ3n) is 1.10. The lowest BCUT2D eigenvalue weighted by atomic mass is 10.6. The van der Waals surface area contributed by atoms with Crippen LogP contribution in [0.3, 0.4) is 0 Å². The highest BCUT2D eigenvalue weighted by atomic mass is 31.2. The van der Waals surface area contributed by atoms with Crippen LogP contribution in [0.2, 0.25) is 0 Å². The van der Waals surface area contributed by atoms with Crippen molar-refractivity contribution < 1.29 is 36.8 Å². The molecule has 0 saturated heterocycles. The Bertz CT molecular complexity index is 163. The molecule has 0 radical (unpaired) electrons. The molecule has 0 fully saturated rings. The van der Waals surface area contributed by atoms with E-state index in [9.17, 15) is 17.4 Å². The molecule has 0 aliphatic rings. The van der Waals surface area contributed by atoms with Crippen LogP contribution in [0.5, 0.6) is 0 Å². The van der Waals surface area contributed by atoms with Crippen molar-refractivity contribution in [2.45, 2.75) is 24.9 Å². The highest BCUT2D eigenvalue weighted by Gasteiger charge is 2.35. The first-order chi connectivity index (χ1) is 6.40. The molecule has 0 heterocycles. The smallest absolute Gasteiger partial charge is 0.278 e. The van der Waals surface area contributed by atoms with Crippen molar-refractivity contribution in [1.29, 1.82) is 0 Å². The first-order valence-corrected chi connectivity index (χ1v) is 4.55. The second-order valence-electron chi connectivity index (χ2n) is 2.10. The van der Waals surface area contributed by atoms with Crippen molar-refractivity contribution in [3.63, 3.8) is 0 Å². The lowest BCUT2D eigenvalue weighted by Crippen LogP contribution is -2.29. The zero-order chi connectivity index (χ0) is 11.3. The van der Waals surface area contributed by atoms with Crippen LogP contribution in [0.1, 0.15) is 0 Å². The van der Waals surface area contributed by atoms with Gasteiger partial charge in [0, 0.05) is 7.11 Å². The predicted molar refractivity (Wildman–Crippen MR) is 39.0 cm³/mol. The lowest BCUT2D eigenvalue weighted by Gasteiger charge is -2.19. The number of rotatable bonds is 6. The number of halogens is 4. The van der Waals surface area contributed by atoms with Crippen LogP contribution in [0.4, 0.5) is 17.4 Å². The van der Waals surface area contributed by atoms with E-state index in [1.165, 1.54) is 0 Å². The molecule has 0 rings (SSSR count). The molecule has 0 aliphatic carbocycles. The third kappa shape index (κ3) is 4.47. The Kier molecular flexibility index (Phi) is 6.46. The molecule has 0 spiro atoms. The molecular formula is C5H9F4O4P. The quantitative estimate of drug-likeness (QED) is 0.415. The van der Waals surface area contributed by atoms with E-state index in [-0.39, 0.29) is 0 Å². The lowest BCUT2D eigenvalue weighted by molar-refractivity contribution is -0.209. The van der Waals surface area contributed by atoms with E-state index in [0.717, 1.165) is 7.11 Å². The predicted octanol–water partition coefficient (Wildman–Crippen LogP) is 1.13. The van der Waals surface area contributed by atoms with E-state index in [1.807, 2.05) is 0 Å². The molecule has 0 amide bonds. The molecule has 0 saturated carbocycles. The summed E-state index contributed by atoms with van der Waals surface area (Å²) in [6.07, 6.45) is -7.66. The van der Waals surface area contributed by atoms with Gasteiger partial charge in [0.25, 0.3) is 14.9 Å². The zero-order valence-electron chi connectivity index (χ0n) is 6.98. The van der Waals surface area contributed by atoms with Crippen molar-refractivity contribution in [2.24, 2.45) is 0 Å². The second kappa shape index (κ2) is 6.47. The minimum Gasteiger partial charge on any atom is -0.364 e. The summed E-state index contributed by atoms with van der Waals surface area (Å²) in [4.78, 5) is 0. The number of methoxy groups -OCH3 is 1. The van der Waals surface area contributed by atoms with Crippen LogP contribution in [0, 0.1) is 0 Å². The first kappa shape index (κ1) is 14.0. The van der Waals surface area contributed by atoms with Crippen molar-refractivity contribution in [3.05, 3.63) is 0 Å². The summed E-state index contributed by atoms with van der Waals surface area (Å²) < 4.78 is 55.6. The van der Waals surface area contributed by atoms with Crippen molar-refractivity contribution >= 4 is 8.46 Å². The van der Waals surface area contributed by atoms with Crippen molar-refractivity contribution in [2.75, 3.05) is 7.11 Å². The average Bonchev–Trinajstić information content (AvgIpc) is 2.14. The van der Waals surface area contributed by atoms with Crippen LogP contribution in [-0.2, 0) is 9.26 Å². The normalized spacial score (nSPS) is 20.6. The Hall–Kier alpha value is -0.0100. The number of hydrogen-bond acceptors (Lipinski definition) is 4. The van der Waals surface area contributed by atoms with Crippen LogP contribution < -0.4 is 0 Å². The fourth-order valence-corrected chi connectivity index (χ4v) is 1.02. The molecule has 0 aromatic rings. The van der Waals surface area contributed by atoms with Crippen molar-refractivity contribution in [3.8, 4) is 0 Å². The Morgan fingerprint density at radius 1 is 1.14 bits per heavy atom. The maximum absolute atomic E-state index is 12.5. The molecule has 0 bridgehead atoms. The standard InChI is InChI=1S/C5H9F4O4P/c1-12-4(10)5(11)13-14(9)3(8)2(6)7/h2-5,10-11H,1H3/t3-,4?,5?,14?/m1/s1. The number of hydrogen-bond donors (Lipinski definition) is 2. The van der Waals surface area contributed by atoms with Gasteiger partial charge in [0.15, 0.2) is 0 Å². The largest absolute Gasteiger partial charge is 0.364 e. The number of aliphatic hydroxyl groups excluding tert-OH is 2. The SMILES string of the molecule is COC(O)C(O)OP(F)[C@@H](F)C(F)F. The summed E-state index contributed by atoms with van der Waals surface area (Å²) in [6.45, 7) is 0. The molecular weight excluding hydrogens is 231 g/mol. The minimum atomic E-state index is -3.67. The van der Waals surface area contributed by atoms with Crippen LogP contribution >= 0.6 is 8.46 Å². The van der Waals surface area contributed by atoms with Gasteiger partial charge in [0.1, 0.15) is 0 Å². The maximum atomic E-state index is 12.5. The molecule has 0 aromatic carbocycles. The topological polar surface area (TPSA) is 58.9 Å². The molecule has 0 aliphatic heterocycles. The van der Waals surface area contributed by atoms with E-state index in [1.54, 1.807) is 0 Å². The maximum Gasteiger partial charge on any atom is 0.278 e. The van der Waals surface area contributed by atoms with Gasteiger partial charge in [-0.15, -0.1) is 0 Å². The van der Waals surface area contributed by atoms with Gasteiger partial charge in [0.2, 0.25) is 18.5 Å². The monoisotopic (exact) mass is 240 g/mol. The van der Waals surface area contributed by atoms with Gasteiger partial charge in [-0.05, 0) is 0 Å². The summed E-state index contributed by atoms with van der Waals surface area (Å²) in [5.41, 5.74) is 0. The fraction of sp³-hybridized carbons (Fsp3) is 1.00. The summed E-state index contributed by atoms with van der Waals surface area (Å²) in [5.74, 6) is -3.12. The highest BCUT2D eigenvalue weighted by Crippen LogP contribution is 2.48. The summed E-state index contributed by atoms with van der Waals surface area (Å²) in [7, 11) is -2.71. The summed E-state index contributed by atoms with van der Waals surface area (Å²) in [5, 5.41) is 17.3. The van der Waals surface area contributed by atoms with Gasteiger partial charge in [0.05, 0.1) is 0 Å². The summed E-state index contributed by atoms with van der Waals surface area (Å²) in [6, 6.07) is 0. The Labute approximate surface area is 78.4 Å². The zero-order valence-corrected chi connectivity index (χ0v) is 7.87. The number of alkyl halides is 3. The van der Waals surface area contributed by atoms with Crippen LogP contribution in [0.25, 0.3) is 0 Å². The molecule has 4 nitrogen and oxygen atoms in total. The van der Waals surface area contributed by atoms with E-state index in [0.29, 0.717) is 0 Å². The van der Waals surface area contributed by atoms with Gasteiger partial charge >= 0.3 is 0 Å². The third-order valence-corrected chi connectivity index (χ3v) is 2.13. The molecule has 0 aromatic heterocycles. The van der Waals surface area contributed by atoms with Gasteiger partial charge in [-0.2, -0.15) is 4.20 Å². The van der Waals surface area contributed by atoms with E-state index < -0.39 is 33.4 Å². The van der Waals surface area contributed by atoms with Gasteiger partial charge < -0.3 is 14.9 Å². The van der Waals surface area contributed by atoms with Crippen LogP contribution in [0.15, 0.2) is 0 Å². The minimum absolute atomic E-state index is 0.956. The van der Waals surface area contributed by atoms with E-state index in [2.05, 4.69) is 9.26 Å². The van der Waals surface area contributed by atoms with E-state index in [4.69, 9.17) is 10.2 Å². The fourth-order valence-electron chi connectivity index (χ4n) is 0.418. The number of ether oxygens (including phenoxy) is 1. The van der Waals surface area contributed by atoms with Gasteiger partial charge in [-0.1, -0.05) is 0 Å². The Morgan fingerprint density at radius 3 is 2.00 bits per heavy atom. The first-order valence-electron chi connectivity index (χ1n) is 3.33. The van der Waals surface area contributed by atoms with Gasteiger partial charge in [-0.3, -0.25) is 4.52 Å². The summed E-state index contributed by atoms with van der Waals surface area (Å²) >= 11 is 0. The molecule has 86 valence electrons. The Balaban J connectivity index is 3.98. The van der Waals surface area contributed by atoms with Gasteiger partial charge in [-0.25, -0.2) is 13.2 Å². The average molecular weight is 240 g/mol. The van der Waals surface area contributed by atoms with Crippen molar-refractivity contribution in [1.82, 2.24) is 0 Å². The number of aliphatic hydroxyl groups is 2. The van der Waals surface area contributed by atoms with Crippen LogP contribution in [-0.4, -0.2) is 42.2 Å². The molecule has 9 heteroatoms. The molecule has 2 N–H and O–H groups in total. The molecule has 4 atom stereocenters. The molecule has 3 unspecified atom stereocenters. The second-order valence-corrected chi connectivity index (χ2v) is 3.35. The Morgan fingerprint density at radius 2 is 1.64 bits per heavy atom. The molecule has 14 heavy (non-hydrogen) atoms.